The van der Waals surface area contributed by atoms with Crippen LogP contribution in [0.3, 0.4) is 0 Å². The van der Waals surface area contributed by atoms with Gasteiger partial charge in [-0.15, -0.1) is 0 Å². The highest BCUT2D eigenvalue weighted by Gasteiger charge is 2.20. The number of guanidine groups is 1. The van der Waals surface area contributed by atoms with E-state index >= 15 is 0 Å². The number of rotatable bonds is 5. The highest BCUT2D eigenvalue weighted by atomic mass is 19.1. The third-order valence-corrected chi connectivity index (χ3v) is 3.78. The number of carbonyl (C=O) groups excluding carboxylic acids is 1. The summed E-state index contributed by atoms with van der Waals surface area (Å²) in [6, 6.07) is 6.08. The molecule has 1 aliphatic heterocycles. The van der Waals surface area contributed by atoms with Crippen molar-refractivity contribution < 1.29 is 13.9 Å². The maximum Gasteiger partial charge on any atom is 0.219 e. The smallest absolute Gasteiger partial charge is 0.219 e. The number of piperazine rings is 1. The van der Waals surface area contributed by atoms with E-state index in [0.29, 0.717) is 32.0 Å². The van der Waals surface area contributed by atoms with Crippen LogP contribution in [0.5, 0.6) is 5.75 Å². The quantitative estimate of drug-likeness (QED) is 0.501. The molecular weight excluding hydrogens is 311 g/mol. The van der Waals surface area contributed by atoms with Crippen molar-refractivity contribution in [1.29, 1.82) is 0 Å². The van der Waals surface area contributed by atoms with E-state index in [4.69, 9.17) is 4.74 Å². The van der Waals surface area contributed by atoms with Gasteiger partial charge in [0.05, 0.1) is 6.54 Å². The Hall–Kier alpha value is -2.31. The molecule has 0 spiro atoms. The molecule has 0 bridgehead atoms. The summed E-state index contributed by atoms with van der Waals surface area (Å²) in [6.45, 7) is 8.18. The molecule has 0 unspecified atom stereocenters. The van der Waals surface area contributed by atoms with Crippen LogP contribution in [0, 0.1) is 5.82 Å². The minimum absolute atomic E-state index is 0.111. The zero-order valence-electron chi connectivity index (χ0n) is 14.3. The van der Waals surface area contributed by atoms with E-state index in [-0.39, 0.29) is 11.7 Å². The number of nitrogens with zero attached hydrogens (tertiary/aromatic N) is 3. The van der Waals surface area contributed by atoms with Crippen LogP contribution in [-0.4, -0.2) is 67.5 Å². The highest BCUT2D eigenvalue weighted by molar-refractivity contribution is 5.80. The molecule has 7 heteroatoms. The summed E-state index contributed by atoms with van der Waals surface area (Å²) >= 11 is 0. The molecule has 1 amide bonds. The van der Waals surface area contributed by atoms with Gasteiger partial charge in [-0.05, 0) is 19.1 Å². The first-order chi connectivity index (χ1) is 11.6. The standard InChI is InChI=1S/C17H25FN4O2/c1-3-19-17(22-10-8-21(9-11-22)14(2)23)20-7-12-24-16-6-4-5-15(18)13-16/h4-6,13H,3,7-12H2,1-2H3,(H,19,20). The van der Waals surface area contributed by atoms with E-state index < -0.39 is 0 Å². The van der Waals surface area contributed by atoms with Crippen molar-refractivity contribution in [2.75, 3.05) is 45.9 Å². The van der Waals surface area contributed by atoms with E-state index in [9.17, 15) is 9.18 Å². The van der Waals surface area contributed by atoms with Gasteiger partial charge >= 0.3 is 0 Å². The summed E-state index contributed by atoms with van der Waals surface area (Å²) in [5.74, 6) is 1.13. The third kappa shape index (κ3) is 5.40. The molecule has 1 fully saturated rings. The molecule has 0 radical (unpaired) electrons. The Morgan fingerprint density at radius 1 is 1.29 bits per heavy atom. The van der Waals surface area contributed by atoms with Gasteiger partial charge in [0, 0.05) is 45.7 Å². The number of nitrogens with one attached hydrogen (secondary N) is 1. The molecule has 0 atom stereocenters. The summed E-state index contributed by atoms with van der Waals surface area (Å²) in [4.78, 5) is 19.9. The van der Waals surface area contributed by atoms with Gasteiger partial charge in [-0.2, -0.15) is 0 Å². The van der Waals surface area contributed by atoms with Gasteiger partial charge in [-0.25, -0.2) is 9.38 Å². The predicted molar refractivity (Wildman–Crippen MR) is 91.7 cm³/mol. The van der Waals surface area contributed by atoms with E-state index in [1.165, 1.54) is 12.1 Å². The van der Waals surface area contributed by atoms with Crippen molar-refractivity contribution in [3.8, 4) is 5.75 Å². The number of aliphatic imine (C=N–C) groups is 1. The second-order valence-corrected chi connectivity index (χ2v) is 5.53. The third-order valence-electron chi connectivity index (χ3n) is 3.78. The van der Waals surface area contributed by atoms with Crippen molar-refractivity contribution in [3.63, 3.8) is 0 Å². The molecule has 0 saturated carbocycles. The Labute approximate surface area is 142 Å². The first-order valence-electron chi connectivity index (χ1n) is 8.27. The summed E-state index contributed by atoms with van der Waals surface area (Å²) in [5.41, 5.74) is 0. The van der Waals surface area contributed by atoms with Crippen LogP contribution in [0.25, 0.3) is 0 Å². The summed E-state index contributed by atoms with van der Waals surface area (Å²) in [5, 5.41) is 3.26. The Morgan fingerprint density at radius 2 is 2.00 bits per heavy atom. The fraction of sp³-hybridized carbons (Fsp3) is 0.529. The fourth-order valence-corrected chi connectivity index (χ4v) is 2.53. The topological polar surface area (TPSA) is 57.2 Å². The highest BCUT2D eigenvalue weighted by Crippen LogP contribution is 2.11. The normalized spacial score (nSPS) is 15.4. The molecule has 1 aliphatic rings. The number of ether oxygens (including phenoxy) is 1. The van der Waals surface area contributed by atoms with Crippen molar-refractivity contribution in [3.05, 3.63) is 30.1 Å². The molecule has 2 rings (SSSR count). The molecule has 0 aromatic heterocycles. The van der Waals surface area contributed by atoms with Crippen molar-refractivity contribution in [2.45, 2.75) is 13.8 Å². The number of carbonyl (C=O) groups is 1. The number of hydrogen-bond acceptors (Lipinski definition) is 3. The van der Waals surface area contributed by atoms with Gasteiger partial charge in [-0.3, -0.25) is 4.79 Å². The molecular formula is C17H25FN4O2. The maximum absolute atomic E-state index is 13.1. The molecule has 1 aromatic rings. The lowest BCUT2D eigenvalue weighted by Crippen LogP contribution is -2.53. The summed E-state index contributed by atoms with van der Waals surface area (Å²) < 4.78 is 18.6. The Bertz CT molecular complexity index is 571. The van der Waals surface area contributed by atoms with Crippen LogP contribution in [-0.2, 0) is 4.79 Å². The first kappa shape index (κ1) is 18.0. The van der Waals surface area contributed by atoms with Crippen LogP contribution in [0.15, 0.2) is 29.3 Å². The van der Waals surface area contributed by atoms with Gasteiger partial charge in [-0.1, -0.05) is 6.07 Å². The van der Waals surface area contributed by atoms with Crippen LogP contribution in [0.1, 0.15) is 13.8 Å². The number of halogens is 1. The summed E-state index contributed by atoms with van der Waals surface area (Å²) in [6.07, 6.45) is 0. The van der Waals surface area contributed by atoms with Crippen LogP contribution in [0.2, 0.25) is 0 Å². The Kier molecular flexibility index (Phi) is 6.84. The zero-order chi connectivity index (χ0) is 17.4. The average molecular weight is 336 g/mol. The SMILES string of the molecule is CCNC(=NCCOc1cccc(F)c1)N1CCN(C(C)=O)CC1. The van der Waals surface area contributed by atoms with E-state index in [1.807, 2.05) is 11.8 Å². The Morgan fingerprint density at radius 3 is 2.62 bits per heavy atom. The van der Waals surface area contributed by atoms with Gasteiger partial charge in [0.15, 0.2) is 5.96 Å². The molecule has 6 nitrogen and oxygen atoms in total. The van der Waals surface area contributed by atoms with Crippen LogP contribution < -0.4 is 10.1 Å². The van der Waals surface area contributed by atoms with Crippen LogP contribution in [0.4, 0.5) is 4.39 Å². The Balaban J connectivity index is 1.83. The number of amides is 1. The predicted octanol–water partition coefficient (Wildman–Crippen LogP) is 1.33. The van der Waals surface area contributed by atoms with Gasteiger partial charge in [0.1, 0.15) is 18.2 Å². The maximum atomic E-state index is 13.1. The lowest BCUT2D eigenvalue weighted by atomic mass is 10.3. The average Bonchev–Trinajstić information content (AvgIpc) is 2.58. The van der Waals surface area contributed by atoms with E-state index in [0.717, 1.165) is 25.6 Å². The van der Waals surface area contributed by atoms with Gasteiger partial charge in [0.2, 0.25) is 5.91 Å². The van der Waals surface area contributed by atoms with Crippen molar-refractivity contribution in [1.82, 2.24) is 15.1 Å². The minimum atomic E-state index is -0.312. The van der Waals surface area contributed by atoms with Gasteiger partial charge < -0.3 is 19.9 Å². The molecule has 1 N–H and O–H groups in total. The number of hydrogen-bond donors (Lipinski definition) is 1. The second-order valence-electron chi connectivity index (χ2n) is 5.53. The monoisotopic (exact) mass is 336 g/mol. The van der Waals surface area contributed by atoms with Gasteiger partial charge in [0.25, 0.3) is 0 Å². The van der Waals surface area contributed by atoms with Crippen molar-refractivity contribution >= 4 is 11.9 Å². The van der Waals surface area contributed by atoms with E-state index in [2.05, 4.69) is 15.2 Å². The van der Waals surface area contributed by atoms with Crippen LogP contribution >= 0.6 is 0 Å². The van der Waals surface area contributed by atoms with E-state index in [1.54, 1.807) is 19.1 Å². The minimum Gasteiger partial charge on any atom is -0.492 e. The lowest BCUT2D eigenvalue weighted by molar-refractivity contribution is -0.130. The lowest BCUT2D eigenvalue weighted by Gasteiger charge is -2.36. The molecule has 132 valence electrons. The second kappa shape index (κ2) is 9.10. The summed E-state index contributed by atoms with van der Waals surface area (Å²) in [7, 11) is 0. The molecule has 0 aliphatic carbocycles. The largest absolute Gasteiger partial charge is 0.492 e. The molecule has 1 aromatic carbocycles. The van der Waals surface area contributed by atoms with Crippen molar-refractivity contribution in [2.24, 2.45) is 4.99 Å². The molecule has 1 heterocycles. The number of benzene rings is 1. The fourth-order valence-electron chi connectivity index (χ4n) is 2.53. The molecule has 1 saturated heterocycles. The molecule has 24 heavy (non-hydrogen) atoms. The zero-order valence-corrected chi connectivity index (χ0v) is 14.3. The first-order valence-corrected chi connectivity index (χ1v) is 8.27.